The molecule has 3 saturated carbocycles. The van der Waals surface area contributed by atoms with Crippen LogP contribution in [0.4, 0.5) is 0 Å². The van der Waals surface area contributed by atoms with Gasteiger partial charge in [0.25, 0.3) is 0 Å². The maximum Gasteiger partial charge on any atom is 0.0611 e. The molecule has 1 N–H and O–H groups in total. The molecule has 164 valence electrons. The number of oxime groups is 1. The van der Waals surface area contributed by atoms with E-state index in [1.54, 1.807) is 5.57 Å². The van der Waals surface area contributed by atoms with Crippen LogP contribution in [-0.2, 0) is 0 Å². The Kier molecular flexibility index (Phi) is 5.95. The molecular formula is C27H45NO. The third-order valence-corrected chi connectivity index (χ3v) is 10.3. The van der Waals surface area contributed by atoms with Crippen molar-refractivity contribution in [3.05, 3.63) is 11.6 Å². The molecule has 4 aliphatic carbocycles. The number of hydrogen-bond donors (Lipinski definition) is 1. The zero-order valence-corrected chi connectivity index (χ0v) is 19.7. The first-order valence-electron chi connectivity index (χ1n) is 12.7. The largest absolute Gasteiger partial charge is 0.411 e. The third kappa shape index (κ3) is 3.61. The molecule has 29 heavy (non-hydrogen) atoms. The van der Waals surface area contributed by atoms with Crippen molar-refractivity contribution in [1.29, 1.82) is 0 Å². The van der Waals surface area contributed by atoms with Gasteiger partial charge in [0, 0.05) is 6.42 Å². The van der Waals surface area contributed by atoms with Crippen molar-refractivity contribution >= 4 is 5.71 Å². The minimum atomic E-state index is 0.361. The van der Waals surface area contributed by atoms with Crippen molar-refractivity contribution in [3.63, 3.8) is 0 Å². The fourth-order valence-corrected chi connectivity index (χ4v) is 8.60. The molecule has 0 aromatic heterocycles. The molecule has 0 bridgehead atoms. The van der Waals surface area contributed by atoms with Crippen LogP contribution in [0.3, 0.4) is 0 Å². The van der Waals surface area contributed by atoms with E-state index < -0.39 is 0 Å². The average Bonchev–Trinajstić information content (AvgIpc) is 3.04. The van der Waals surface area contributed by atoms with Gasteiger partial charge in [-0.25, -0.2) is 0 Å². The first-order chi connectivity index (χ1) is 13.8. The lowest BCUT2D eigenvalue weighted by Crippen LogP contribution is -2.50. The van der Waals surface area contributed by atoms with Crippen molar-refractivity contribution in [2.75, 3.05) is 0 Å². The van der Waals surface area contributed by atoms with Gasteiger partial charge in [-0.1, -0.05) is 70.7 Å². The van der Waals surface area contributed by atoms with Crippen LogP contribution in [0.15, 0.2) is 16.8 Å². The quantitative estimate of drug-likeness (QED) is 0.285. The summed E-state index contributed by atoms with van der Waals surface area (Å²) in [5, 5.41) is 12.9. The van der Waals surface area contributed by atoms with Gasteiger partial charge in [0.15, 0.2) is 0 Å². The molecule has 0 radical (unpaired) electrons. The highest BCUT2D eigenvalue weighted by Gasteiger charge is 2.58. The van der Waals surface area contributed by atoms with E-state index >= 15 is 0 Å². The lowest BCUT2D eigenvalue weighted by Gasteiger charge is -2.58. The van der Waals surface area contributed by atoms with Gasteiger partial charge in [0.2, 0.25) is 0 Å². The first kappa shape index (κ1) is 21.4. The van der Waals surface area contributed by atoms with Crippen molar-refractivity contribution in [1.82, 2.24) is 0 Å². The van der Waals surface area contributed by atoms with Crippen LogP contribution in [0.2, 0.25) is 0 Å². The summed E-state index contributed by atoms with van der Waals surface area (Å²) in [6.07, 6.45) is 17.0. The fourth-order valence-electron chi connectivity index (χ4n) is 8.60. The molecule has 0 aliphatic heterocycles. The maximum absolute atomic E-state index is 9.29. The molecule has 0 aromatic rings. The Morgan fingerprint density at radius 1 is 1.07 bits per heavy atom. The Labute approximate surface area is 179 Å². The standard InChI is InChI=1S/C27H45NO/c1-18(2)7-6-8-19(3)23-11-12-24-22-10-9-20-17-21(28-29)13-15-26(20,4)25(22)14-16-27(23,24)5/h9,18-19,22-25,29H,6-8,10-17H2,1-5H3/b28-21+. The molecule has 4 aliphatic rings. The predicted molar refractivity (Wildman–Crippen MR) is 122 cm³/mol. The molecular weight excluding hydrogens is 354 g/mol. The van der Waals surface area contributed by atoms with E-state index in [1.807, 2.05) is 0 Å². The van der Waals surface area contributed by atoms with Crippen molar-refractivity contribution in [2.24, 2.45) is 51.5 Å². The van der Waals surface area contributed by atoms with E-state index in [2.05, 4.69) is 45.9 Å². The summed E-state index contributed by atoms with van der Waals surface area (Å²) in [5.41, 5.74) is 3.54. The Hall–Kier alpha value is -0.790. The maximum atomic E-state index is 9.29. The highest BCUT2D eigenvalue weighted by molar-refractivity contribution is 5.87. The smallest absolute Gasteiger partial charge is 0.0611 e. The van der Waals surface area contributed by atoms with Gasteiger partial charge in [-0.05, 0) is 91.3 Å². The second kappa shape index (κ2) is 8.04. The fraction of sp³-hybridized carbons (Fsp3) is 0.889. The lowest BCUT2D eigenvalue weighted by atomic mass is 9.47. The van der Waals surface area contributed by atoms with Gasteiger partial charge in [0.05, 0.1) is 5.71 Å². The second-order valence-corrected chi connectivity index (χ2v) is 12.1. The molecule has 0 heterocycles. The second-order valence-electron chi connectivity index (χ2n) is 12.1. The molecule has 0 aromatic carbocycles. The summed E-state index contributed by atoms with van der Waals surface area (Å²) in [6.45, 7) is 12.5. The molecule has 7 unspecified atom stereocenters. The summed E-state index contributed by atoms with van der Waals surface area (Å²) < 4.78 is 0. The SMILES string of the molecule is CC(C)CCCC(C)C1CCC2C3CC=C4C/C(=N/O)CCC4(C)C3CCC12C. The first-order valence-corrected chi connectivity index (χ1v) is 12.7. The molecule has 3 fully saturated rings. The van der Waals surface area contributed by atoms with Crippen molar-refractivity contribution in [3.8, 4) is 0 Å². The Morgan fingerprint density at radius 2 is 1.86 bits per heavy atom. The Balaban J connectivity index is 1.50. The number of hydrogen-bond acceptors (Lipinski definition) is 2. The minimum absolute atomic E-state index is 0.361. The summed E-state index contributed by atoms with van der Waals surface area (Å²) in [7, 11) is 0. The Bertz CT molecular complexity index is 663. The molecule has 2 heteroatoms. The summed E-state index contributed by atoms with van der Waals surface area (Å²) in [4.78, 5) is 0. The monoisotopic (exact) mass is 399 g/mol. The van der Waals surface area contributed by atoms with Crippen LogP contribution in [0.5, 0.6) is 0 Å². The van der Waals surface area contributed by atoms with E-state index in [0.717, 1.165) is 54.1 Å². The highest BCUT2D eigenvalue weighted by atomic mass is 16.4. The van der Waals surface area contributed by atoms with Crippen LogP contribution < -0.4 is 0 Å². The van der Waals surface area contributed by atoms with Gasteiger partial charge in [0.1, 0.15) is 0 Å². The topological polar surface area (TPSA) is 32.6 Å². The molecule has 0 spiro atoms. The third-order valence-electron chi connectivity index (χ3n) is 10.3. The van der Waals surface area contributed by atoms with Crippen LogP contribution in [0.25, 0.3) is 0 Å². The van der Waals surface area contributed by atoms with Gasteiger partial charge in [-0.2, -0.15) is 0 Å². The number of nitrogens with zero attached hydrogens (tertiary/aromatic N) is 1. The zero-order valence-electron chi connectivity index (χ0n) is 19.7. The lowest BCUT2D eigenvalue weighted by molar-refractivity contribution is -0.0469. The van der Waals surface area contributed by atoms with E-state index in [4.69, 9.17) is 0 Å². The number of fused-ring (bicyclic) bond motifs is 5. The van der Waals surface area contributed by atoms with Crippen LogP contribution in [0.1, 0.15) is 105 Å². The van der Waals surface area contributed by atoms with Gasteiger partial charge in [-0.15, -0.1) is 0 Å². The molecule has 7 atom stereocenters. The number of allylic oxidation sites excluding steroid dienone is 2. The molecule has 0 amide bonds. The summed E-state index contributed by atoms with van der Waals surface area (Å²) >= 11 is 0. The summed E-state index contributed by atoms with van der Waals surface area (Å²) in [6, 6.07) is 0. The predicted octanol–water partition coefficient (Wildman–Crippen LogP) is 7.86. The van der Waals surface area contributed by atoms with Crippen LogP contribution in [0, 0.1) is 46.3 Å². The highest BCUT2D eigenvalue weighted by Crippen LogP contribution is 2.67. The molecule has 2 nitrogen and oxygen atoms in total. The van der Waals surface area contributed by atoms with Gasteiger partial charge < -0.3 is 5.21 Å². The van der Waals surface area contributed by atoms with Crippen molar-refractivity contribution < 1.29 is 5.21 Å². The number of rotatable bonds is 5. The zero-order chi connectivity index (χ0) is 20.8. The average molecular weight is 400 g/mol. The van der Waals surface area contributed by atoms with Gasteiger partial charge >= 0.3 is 0 Å². The molecule has 0 saturated heterocycles. The Morgan fingerprint density at radius 3 is 2.59 bits per heavy atom. The molecule has 4 rings (SSSR count). The van der Waals surface area contributed by atoms with Crippen LogP contribution in [-0.4, -0.2) is 10.9 Å². The minimum Gasteiger partial charge on any atom is -0.411 e. The van der Waals surface area contributed by atoms with Gasteiger partial charge in [-0.3, -0.25) is 0 Å². The van der Waals surface area contributed by atoms with E-state index in [9.17, 15) is 5.21 Å². The van der Waals surface area contributed by atoms with Crippen LogP contribution >= 0.6 is 0 Å². The van der Waals surface area contributed by atoms with E-state index in [-0.39, 0.29) is 0 Å². The van der Waals surface area contributed by atoms with Crippen molar-refractivity contribution in [2.45, 2.75) is 105 Å². The van der Waals surface area contributed by atoms with E-state index in [0.29, 0.717) is 10.8 Å². The normalized spacial score (nSPS) is 44.2. The van der Waals surface area contributed by atoms with E-state index in [1.165, 1.54) is 57.8 Å². The summed E-state index contributed by atoms with van der Waals surface area (Å²) in [5.74, 6) is 5.36.